The van der Waals surface area contributed by atoms with Gasteiger partial charge in [-0.05, 0) is 35.7 Å². The number of carbonyl (C=O) groups is 2. The Labute approximate surface area is 151 Å². The summed E-state index contributed by atoms with van der Waals surface area (Å²) in [4.78, 5) is 23.9. The zero-order valence-corrected chi connectivity index (χ0v) is 14.3. The van der Waals surface area contributed by atoms with E-state index in [1.54, 1.807) is 18.2 Å². The van der Waals surface area contributed by atoms with Gasteiger partial charge in [0.05, 0.1) is 12.7 Å². The molecule has 0 aliphatic rings. The number of carbonyl (C=O) groups excluding carboxylic acids is 2. The van der Waals surface area contributed by atoms with Crippen molar-refractivity contribution in [3.8, 4) is 0 Å². The van der Waals surface area contributed by atoms with E-state index in [4.69, 9.17) is 9.15 Å². The minimum atomic E-state index is -0.573. The summed E-state index contributed by atoms with van der Waals surface area (Å²) < 4.78 is 15.2. The first kappa shape index (κ1) is 17.5. The average molecular weight is 350 g/mol. The molecular weight excluding hydrogens is 332 g/mol. The van der Waals surface area contributed by atoms with Gasteiger partial charge < -0.3 is 13.9 Å². The molecule has 0 spiro atoms. The third kappa shape index (κ3) is 4.19. The van der Waals surface area contributed by atoms with E-state index < -0.39 is 11.9 Å². The molecule has 0 bridgehead atoms. The Morgan fingerprint density at radius 3 is 2.38 bits per heavy atom. The first-order chi connectivity index (χ1) is 12.7. The molecule has 0 unspecified atom stereocenters. The molecule has 3 aromatic rings. The van der Waals surface area contributed by atoms with Crippen LogP contribution in [0.1, 0.15) is 37.8 Å². The van der Waals surface area contributed by atoms with Gasteiger partial charge in [-0.25, -0.2) is 9.59 Å². The summed E-state index contributed by atoms with van der Waals surface area (Å²) >= 11 is 0. The van der Waals surface area contributed by atoms with Gasteiger partial charge in [0.1, 0.15) is 12.4 Å². The molecule has 1 aromatic heterocycles. The molecule has 0 saturated carbocycles. The fourth-order valence-corrected chi connectivity index (χ4v) is 2.57. The van der Waals surface area contributed by atoms with Crippen LogP contribution in [0.2, 0.25) is 0 Å². The largest absolute Gasteiger partial charge is 0.463 e. The SMILES string of the molecule is COC(=O)c1ccc(COC(=O)c2ccccc2Cc2ccccc2)o1. The number of furan rings is 1. The van der Waals surface area contributed by atoms with Crippen LogP contribution in [0.25, 0.3) is 0 Å². The Hall–Kier alpha value is -3.34. The van der Waals surface area contributed by atoms with E-state index in [0.717, 1.165) is 11.1 Å². The van der Waals surface area contributed by atoms with Gasteiger partial charge in [0.25, 0.3) is 0 Å². The summed E-state index contributed by atoms with van der Waals surface area (Å²) in [5.41, 5.74) is 2.51. The van der Waals surface area contributed by atoms with Crippen molar-refractivity contribution in [3.63, 3.8) is 0 Å². The van der Waals surface area contributed by atoms with Crippen molar-refractivity contribution in [1.29, 1.82) is 0 Å². The van der Waals surface area contributed by atoms with Crippen LogP contribution in [0.3, 0.4) is 0 Å². The smallest absolute Gasteiger partial charge is 0.373 e. The standard InChI is InChI=1S/C21H18O5/c1-24-21(23)19-12-11-17(26-19)14-25-20(22)18-10-6-5-9-16(18)13-15-7-3-2-4-8-15/h2-12H,13-14H2,1H3. The van der Waals surface area contributed by atoms with Gasteiger partial charge in [0.15, 0.2) is 0 Å². The topological polar surface area (TPSA) is 65.7 Å². The minimum Gasteiger partial charge on any atom is -0.463 e. The van der Waals surface area contributed by atoms with E-state index in [2.05, 4.69) is 4.74 Å². The van der Waals surface area contributed by atoms with Crippen molar-refractivity contribution in [2.24, 2.45) is 0 Å². The lowest BCUT2D eigenvalue weighted by Crippen LogP contribution is -2.08. The van der Waals surface area contributed by atoms with Crippen LogP contribution in [-0.2, 0) is 22.5 Å². The number of ether oxygens (including phenoxy) is 2. The molecule has 0 fully saturated rings. The number of hydrogen-bond donors (Lipinski definition) is 0. The van der Waals surface area contributed by atoms with E-state index >= 15 is 0 Å². The molecule has 0 amide bonds. The zero-order valence-electron chi connectivity index (χ0n) is 14.3. The Balaban J connectivity index is 1.68. The molecular formula is C21H18O5. The normalized spacial score (nSPS) is 10.3. The lowest BCUT2D eigenvalue weighted by molar-refractivity contribution is 0.0437. The fourth-order valence-electron chi connectivity index (χ4n) is 2.57. The molecule has 0 saturated heterocycles. The predicted molar refractivity (Wildman–Crippen MR) is 94.9 cm³/mol. The van der Waals surface area contributed by atoms with Gasteiger partial charge in [0, 0.05) is 0 Å². The highest BCUT2D eigenvalue weighted by Crippen LogP contribution is 2.17. The van der Waals surface area contributed by atoms with Gasteiger partial charge in [0.2, 0.25) is 5.76 Å². The lowest BCUT2D eigenvalue weighted by Gasteiger charge is -2.09. The first-order valence-corrected chi connectivity index (χ1v) is 8.13. The highest BCUT2D eigenvalue weighted by atomic mass is 16.5. The van der Waals surface area contributed by atoms with Gasteiger partial charge in [-0.2, -0.15) is 0 Å². The summed E-state index contributed by atoms with van der Waals surface area (Å²) in [6.07, 6.45) is 0.638. The number of rotatable bonds is 6. The van der Waals surface area contributed by atoms with Crippen LogP contribution >= 0.6 is 0 Å². The number of methoxy groups -OCH3 is 1. The zero-order chi connectivity index (χ0) is 18.4. The van der Waals surface area contributed by atoms with Crippen LogP contribution in [0, 0.1) is 0 Å². The summed E-state index contributed by atoms with van der Waals surface area (Å²) in [6.45, 7) is -0.0600. The molecule has 0 radical (unpaired) electrons. The third-order valence-electron chi connectivity index (χ3n) is 3.87. The second kappa shape index (κ2) is 8.16. The number of hydrogen-bond acceptors (Lipinski definition) is 5. The molecule has 26 heavy (non-hydrogen) atoms. The number of benzene rings is 2. The second-order valence-corrected chi connectivity index (χ2v) is 5.65. The van der Waals surface area contributed by atoms with Crippen LogP contribution in [-0.4, -0.2) is 19.0 Å². The van der Waals surface area contributed by atoms with Gasteiger partial charge in [-0.1, -0.05) is 48.5 Å². The van der Waals surface area contributed by atoms with Crippen LogP contribution in [0.5, 0.6) is 0 Å². The molecule has 3 rings (SSSR count). The monoisotopic (exact) mass is 350 g/mol. The molecule has 0 N–H and O–H groups in total. The summed E-state index contributed by atoms with van der Waals surface area (Å²) in [5.74, 6) is -0.564. The quantitative estimate of drug-likeness (QED) is 0.628. The molecule has 0 aliphatic carbocycles. The molecule has 2 aromatic carbocycles. The fraction of sp³-hybridized carbons (Fsp3) is 0.143. The Bertz CT molecular complexity index is 896. The van der Waals surface area contributed by atoms with Crippen molar-refractivity contribution in [2.45, 2.75) is 13.0 Å². The highest BCUT2D eigenvalue weighted by Gasteiger charge is 2.15. The summed E-state index contributed by atoms with van der Waals surface area (Å²) in [6, 6.07) is 20.3. The van der Waals surface area contributed by atoms with Crippen molar-refractivity contribution in [1.82, 2.24) is 0 Å². The summed E-state index contributed by atoms with van der Waals surface area (Å²) in [7, 11) is 1.27. The van der Waals surface area contributed by atoms with Crippen molar-refractivity contribution < 1.29 is 23.5 Å². The lowest BCUT2D eigenvalue weighted by atomic mass is 10.00. The van der Waals surface area contributed by atoms with E-state index in [1.807, 2.05) is 42.5 Å². The van der Waals surface area contributed by atoms with E-state index in [0.29, 0.717) is 17.7 Å². The maximum Gasteiger partial charge on any atom is 0.373 e. The number of esters is 2. The van der Waals surface area contributed by atoms with Gasteiger partial charge in [-0.3, -0.25) is 0 Å². The second-order valence-electron chi connectivity index (χ2n) is 5.65. The Morgan fingerprint density at radius 1 is 0.885 bits per heavy atom. The van der Waals surface area contributed by atoms with Crippen molar-refractivity contribution >= 4 is 11.9 Å². The van der Waals surface area contributed by atoms with E-state index in [1.165, 1.54) is 13.2 Å². The Morgan fingerprint density at radius 2 is 1.62 bits per heavy atom. The highest BCUT2D eigenvalue weighted by molar-refractivity contribution is 5.91. The predicted octanol–water partition coefficient (Wildman–Crippen LogP) is 4.01. The van der Waals surface area contributed by atoms with Crippen molar-refractivity contribution in [3.05, 3.63) is 94.9 Å². The molecule has 0 aliphatic heterocycles. The molecule has 0 atom stereocenters. The van der Waals surface area contributed by atoms with Crippen LogP contribution in [0.4, 0.5) is 0 Å². The average Bonchev–Trinajstić information content (AvgIpc) is 3.16. The maximum absolute atomic E-state index is 12.5. The van der Waals surface area contributed by atoms with Crippen molar-refractivity contribution in [2.75, 3.05) is 7.11 Å². The minimum absolute atomic E-state index is 0.0600. The molecule has 1 heterocycles. The van der Waals surface area contributed by atoms with Gasteiger partial charge >= 0.3 is 11.9 Å². The summed E-state index contributed by atoms with van der Waals surface area (Å²) in [5, 5.41) is 0. The molecule has 5 heteroatoms. The van der Waals surface area contributed by atoms with Crippen LogP contribution in [0.15, 0.2) is 71.1 Å². The van der Waals surface area contributed by atoms with E-state index in [9.17, 15) is 9.59 Å². The van der Waals surface area contributed by atoms with E-state index in [-0.39, 0.29) is 12.4 Å². The van der Waals surface area contributed by atoms with Crippen LogP contribution < -0.4 is 0 Å². The third-order valence-corrected chi connectivity index (χ3v) is 3.87. The molecule has 132 valence electrons. The Kier molecular flexibility index (Phi) is 5.49. The maximum atomic E-state index is 12.5. The molecule has 5 nitrogen and oxygen atoms in total. The van der Waals surface area contributed by atoms with Gasteiger partial charge in [-0.15, -0.1) is 0 Å². The first-order valence-electron chi connectivity index (χ1n) is 8.13.